The summed E-state index contributed by atoms with van der Waals surface area (Å²) < 4.78 is 0. The first-order valence-corrected chi connectivity index (χ1v) is 42.9. The molecule has 0 radical (unpaired) electrons. The van der Waals surface area contributed by atoms with Gasteiger partial charge in [0.1, 0.15) is 92.1 Å². The van der Waals surface area contributed by atoms with Crippen molar-refractivity contribution in [2.45, 2.75) is 335 Å². The maximum Gasteiger partial charge on any atom is 0.248 e. The maximum atomic E-state index is 14.4. The number of hydrogen-bond acceptors (Lipinski definition) is 24. The van der Waals surface area contributed by atoms with E-state index in [1.165, 1.54) is 148 Å². The summed E-state index contributed by atoms with van der Waals surface area (Å²) in [5.74, 6) is -20.0. The second-order valence-corrected chi connectivity index (χ2v) is 38.3. The average Bonchev–Trinajstić information content (AvgIpc) is 1.69. The zero-order chi connectivity index (χ0) is 100. The van der Waals surface area contributed by atoms with Crippen molar-refractivity contribution in [1.29, 1.82) is 0 Å². The van der Waals surface area contributed by atoms with Crippen molar-refractivity contribution in [1.82, 2.24) is 106 Å². The van der Waals surface area contributed by atoms with Crippen LogP contribution in [-0.2, 0) is 110 Å². The van der Waals surface area contributed by atoms with E-state index in [0.29, 0.717) is 19.3 Å². The molecule has 130 heavy (non-hydrogen) atoms. The van der Waals surface area contributed by atoms with Crippen LogP contribution in [0.25, 0.3) is 0 Å². The van der Waals surface area contributed by atoms with E-state index in [9.17, 15) is 115 Å². The van der Waals surface area contributed by atoms with Gasteiger partial charge in [0, 0.05) is 39.3 Å². The average molecular weight is 1850 g/mol. The SMILES string of the molecule is CC(=O)NC(C)(C)C(=O)N1CCC[C@H]1C(=O)NC(C)(C)C(=O)N[C@@H](C)C(=O)NC(C)(C)C(=O)NCC(=O)N[C@@H](CCC(N)=O)C(=O)NC(C)(C)C(=O)NCC(=O)NC(C)(C)C(=O)NCC(=O)NC(C)(C)C(=O)NC(C)(C)C(=O)N1CCC[C@H]1C(=O)N[C@H](C(=O)NC(C)(C)C(=O)NC(C)(C)C(=O)N[C@@H](CCC(N)=O)C(=O)N[C@@H](CCC(N)=O)C(=O)NC(CO)CC(C)C)C(C)C. The Morgan fingerprint density at radius 1 is 0.346 bits per heavy atom. The van der Waals surface area contributed by atoms with E-state index < -0.39 is 285 Å². The van der Waals surface area contributed by atoms with E-state index in [2.05, 4.69) is 95.7 Å². The quantitative estimate of drug-likeness (QED) is 0.0269. The van der Waals surface area contributed by atoms with E-state index in [4.69, 9.17) is 17.2 Å². The highest BCUT2D eigenvalue weighted by Gasteiger charge is 2.49. The fraction of sp³-hybridized carbons (Fsp3) is 0.723. The van der Waals surface area contributed by atoms with E-state index in [1.54, 1.807) is 13.8 Å². The Balaban J connectivity index is 2.04. The number of hydrogen-bond donors (Lipinski definition) is 22. The van der Waals surface area contributed by atoms with Crippen LogP contribution in [-0.4, -0.2) is 288 Å². The van der Waals surface area contributed by atoms with Gasteiger partial charge in [-0.05, 0) is 195 Å². The number of primary amides is 3. The largest absolute Gasteiger partial charge is 0.394 e. The third-order valence-corrected chi connectivity index (χ3v) is 21.1. The molecular formula is C83H141N23O24. The lowest BCUT2D eigenvalue weighted by atomic mass is 9.96. The van der Waals surface area contributed by atoms with Crippen LogP contribution in [0.1, 0.15) is 237 Å². The lowest BCUT2D eigenvalue weighted by molar-refractivity contribution is -0.146. The standard InChI is InChI=1S/C83H141N23O24/c1-42(2)37-46(41-107)91-60(116)47(29-32-52(84)109)93-61(117)48(30-33-53(85)110)94-70(126)79(15,16)103-72(128)81(19,20)102-65(121)58(43(3)4)95-63(119)50-27-25-35-105(50)74(130)83(23,24)104-71(127)80(17,18)98-57(114)40-88-66(122)75(7,8)97-56(113)39-89-68(124)77(11,12)100-62(118)49(31-34-54(86)111)92-55(112)38-87-67(123)76(9,10)99-59(115)44(5)90-69(125)78(13,14)101-64(120)51-28-26-36-106(51)73(129)82(21,22)96-45(6)108/h42-44,46-51,58,107H,25-41H2,1-24H3,(H2,84,109)(H2,85,110)(H2,86,111)(H,87,123)(H,88,122)(H,89,124)(H,90,125)(H,91,116)(H,92,112)(H,93,117)(H,94,126)(H,95,119)(H,96,108)(H,97,113)(H,98,114)(H,99,115)(H,100,118)(H,101,120)(H,102,121)(H,103,128)(H,104,127)/t44-,46?,47-,48-,49-,50-,51-,58-/m0/s1. The van der Waals surface area contributed by atoms with Gasteiger partial charge in [-0.3, -0.25) is 110 Å². The smallest absolute Gasteiger partial charge is 0.248 e. The Labute approximate surface area is 757 Å². The number of carbonyl (C=O) groups is 23. The van der Waals surface area contributed by atoms with Gasteiger partial charge in [0.2, 0.25) is 136 Å². The molecule has 2 heterocycles. The minimum atomic E-state index is -1.87. The van der Waals surface area contributed by atoms with Crippen molar-refractivity contribution in [3.63, 3.8) is 0 Å². The van der Waals surface area contributed by atoms with E-state index in [-0.39, 0.29) is 51.1 Å². The van der Waals surface area contributed by atoms with E-state index >= 15 is 0 Å². The lowest BCUT2D eigenvalue weighted by Crippen LogP contribution is -2.66. The molecule has 0 spiro atoms. The summed E-state index contributed by atoms with van der Waals surface area (Å²) in [6.07, 6.45) is -0.778. The van der Waals surface area contributed by atoms with Gasteiger partial charge in [-0.1, -0.05) is 27.7 Å². The molecule has 2 rings (SSSR count). The summed E-state index contributed by atoms with van der Waals surface area (Å²) >= 11 is 0. The predicted octanol–water partition coefficient (Wildman–Crippen LogP) is -7.19. The van der Waals surface area contributed by atoms with Crippen LogP contribution >= 0.6 is 0 Å². The molecule has 2 aliphatic heterocycles. The Morgan fingerprint density at radius 3 is 1.10 bits per heavy atom. The molecule has 0 saturated carbocycles. The molecule has 2 saturated heterocycles. The molecule has 0 aromatic carbocycles. The van der Waals surface area contributed by atoms with Crippen LogP contribution in [0.5, 0.6) is 0 Å². The molecule has 8 atom stereocenters. The summed E-state index contributed by atoms with van der Waals surface area (Å²) in [6.45, 7) is 30.6. The van der Waals surface area contributed by atoms with E-state index in [0.717, 1.165) is 0 Å². The van der Waals surface area contributed by atoms with Crippen LogP contribution in [0.2, 0.25) is 0 Å². The summed E-state index contributed by atoms with van der Waals surface area (Å²) in [5, 5.41) is 54.6. The minimum absolute atomic E-state index is 0.0279. The highest BCUT2D eigenvalue weighted by atomic mass is 16.3. The molecule has 2 aliphatic rings. The van der Waals surface area contributed by atoms with Gasteiger partial charge >= 0.3 is 0 Å². The zero-order valence-corrected chi connectivity index (χ0v) is 79.3. The Bertz CT molecular complexity index is 4270. The van der Waals surface area contributed by atoms with Gasteiger partial charge in [-0.25, -0.2) is 0 Å². The first kappa shape index (κ1) is 114. The van der Waals surface area contributed by atoms with Gasteiger partial charge in [0.05, 0.1) is 32.3 Å². The van der Waals surface area contributed by atoms with Crippen molar-refractivity contribution < 1.29 is 115 Å². The molecule has 0 bridgehead atoms. The fourth-order valence-corrected chi connectivity index (χ4v) is 13.4. The molecule has 25 N–H and O–H groups in total. The first-order valence-electron chi connectivity index (χ1n) is 42.9. The third-order valence-electron chi connectivity index (χ3n) is 21.1. The molecule has 47 heteroatoms. The van der Waals surface area contributed by atoms with Crippen molar-refractivity contribution >= 4 is 136 Å². The van der Waals surface area contributed by atoms with Crippen molar-refractivity contribution in [2.75, 3.05) is 39.3 Å². The fourth-order valence-electron chi connectivity index (χ4n) is 13.4. The predicted molar refractivity (Wildman–Crippen MR) is 468 cm³/mol. The topological polar surface area (TPSA) is 714 Å². The minimum Gasteiger partial charge on any atom is -0.394 e. The summed E-state index contributed by atoms with van der Waals surface area (Å²) in [6, 6.07) is -10.0. The number of aliphatic hydroxyl groups is 1. The van der Waals surface area contributed by atoms with Gasteiger partial charge in [-0.15, -0.1) is 0 Å². The van der Waals surface area contributed by atoms with Gasteiger partial charge in [-0.2, -0.15) is 0 Å². The molecule has 1 unspecified atom stereocenters. The second-order valence-electron chi connectivity index (χ2n) is 38.3. The van der Waals surface area contributed by atoms with Crippen molar-refractivity contribution in [3.8, 4) is 0 Å². The van der Waals surface area contributed by atoms with E-state index in [1.807, 2.05) is 13.8 Å². The van der Waals surface area contributed by atoms with Crippen LogP contribution in [0, 0.1) is 11.8 Å². The number of amides is 23. The lowest BCUT2D eigenvalue weighted by Gasteiger charge is -2.36. The third kappa shape index (κ3) is 35.7. The molecule has 0 aromatic rings. The number of likely N-dealkylation sites (tertiary alicyclic amines) is 2. The monoisotopic (exact) mass is 1840 g/mol. The van der Waals surface area contributed by atoms with Crippen molar-refractivity contribution in [2.24, 2.45) is 29.0 Å². The van der Waals surface area contributed by atoms with Crippen LogP contribution in [0.4, 0.5) is 0 Å². The number of carbonyl (C=O) groups excluding carboxylic acids is 23. The van der Waals surface area contributed by atoms with Gasteiger partial charge in [0.15, 0.2) is 0 Å². The first-order chi connectivity index (χ1) is 59.3. The molecule has 0 aliphatic carbocycles. The Morgan fingerprint density at radius 2 is 0.685 bits per heavy atom. The van der Waals surface area contributed by atoms with Crippen LogP contribution < -0.4 is 113 Å². The number of nitrogens with one attached hydrogen (secondary N) is 18. The van der Waals surface area contributed by atoms with Crippen LogP contribution in [0.15, 0.2) is 0 Å². The Hall–Kier alpha value is -12.2. The molecule has 2 fully saturated rings. The van der Waals surface area contributed by atoms with Crippen LogP contribution in [0.3, 0.4) is 0 Å². The van der Waals surface area contributed by atoms with Gasteiger partial charge < -0.3 is 128 Å². The Kier molecular flexibility index (Phi) is 41.5. The number of nitrogens with two attached hydrogens (primary N) is 3. The van der Waals surface area contributed by atoms with Crippen molar-refractivity contribution in [3.05, 3.63) is 0 Å². The molecule has 0 aromatic heterocycles. The molecule has 47 nitrogen and oxygen atoms in total. The zero-order valence-electron chi connectivity index (χ0n) is 79.3. The normalized spacial score (nSPS) is 15.8. The number of rotatable bonds is 50. The number of nitrogens with zero attached hydrogens (tertiary/aromatic N) is 2. The van der Waals surface area contributed by atoms with Gasteiger partial charge in [0.25, 0.3) is 0 Å². The second kappa shape index (κ2) is 47.4. The highest BCUT2D eigenvalue weighted by molar-refractivity contribution is 6.04. The summed E-state index contributed by atoms with van der Waals surface area (Å²) in [5.41, 5.74) is 0.430. The molecule has 23 amide bonds. The molecule has 732 valence electrons. The molecular weight excluding hydrogens is 1700 g/mol. The number of aliphatic hydroxyl groups excluding tert-OH is 1. The highest BCUT2D eigenvalue weighted by Crippen LogP contribution is 2.26. The summed E-state index contributed by atoms with van der Waals surface area (Å²) in [4.78, 5) is 310. The maximum absolute atomic E-state index is 14.4. The summed E-state index contributed by atoms with van der Waals surface area (Å²) in [7, 11) is 0.